The van der Waals surface area contributed by atoms with E-state index in [-0.39, 0.29) is 17.6 Å². The van der Waals surface area contributed by atoms with Crippen LogP contribution in [-0.4, -0.2) is 11.9 Å². The zero-order chi connectivity index (χ0) is 13.8. The molecule has 1 unspecified atom stereocenters. The van der Waals surface area contributed by atoms with Gasteiger partial charge in [0.05, 0.1) is 0 Å². The number of rotatable bonds is 3. The summed E-state index contributed by atoms with van der Waals surface area (Å²) in [4.78, 5) is 12.1. The maximum absolute atomic E-state index is 13.2. The Morgan fingerprint density at radius 3 is 2.63 bits per heavy atom. The lowest BCUT2D eigenvalue weighted by molar-refractivity contribution is 0.0919. The number of anilines is 1. The fourth-order valence-electron chi connectivity index (χ4n) is 2.79. The highest BCUT2D eigenvalue weighted by atomic mass is 19.1. The molecule has 0 aliphatic heterocycles. The number of carbonyl (C=O) groups excluding carboxylic acids is 1. The molecule has 1 aromatic rings. The van der Waals surface area contributed by atoms with Gasteiger partial charge in [-0.05, 0) is 43.9 Å². The first-order valence-corrected chi connectivity index (χ1v) is 6.93. The standard InChI is InChI=1S/C15H21FN2O/c1-10(11-5-3-2-4-6-11)18-15(19)12-7-13(16)9-14(17)8-12/h7-11H,2-6,17H2,1H3,(H,18,19). The summed E-state index contributed by atoms with van der Waals surface area (Å²) >= 11 is 0. The Kier molecular flexibility index (Phi) is 4.40. The van der Waals surface area contributed by atoms with Crippen molar-refractivity contribution in [1.29, 1.82) is 0 Å². The number of halogens is 1. The predicted molar refractivity (Wildman–Crippen MR) is 74.3 cm³/mol. The molecule has 0 heterocycles. The Bertz CT molecular complexity index is 435. The Morgan fingerprint density at radius 1 is 1.32 bits per heavy atom. The largest absolute Gasteiger partial charge is 0.399 e. The van der Waals surface area contributed by atoms with E-state index in [0.29, 0.717) is 11.5 Å². The van der Waals surface area contributed by atoms with Crippen LogP contribution in [0.3, 0.4) is 0 Å². The number of nitrogen functional groups attached to an aromatic ring is 1. The predicted octanol–water partition coefficient (Wildman–Crippen LogP) is 3.11. The third-order valence-corrected chi connectivity index (χ3v) is 3.90. The van der Waals surface area contributed by atoms with Crippen molar-refractivity contribution in [3.63, 3.8) is 0 Å². The van der Waals surface area contributed by atoms with Crippen LogP contribution < -0.4 is 11.1 Å². The summed E-state index contributed by atoms with van der Waals surface area (Å²) in [7, 11) is 0. The molecule has 1 aromatic carbocycles. The highest BCUT2D eigenvalue weighted by molar-refractivity contribution is 5.95. The summed E-state index contributed by atoms with van der Waals surface area (Å²) in [6.07, 6.45) is 6.08. The van der Waals surface area contributed by atoms with Crippen LogP contribution in [0, 0.1) is 11.7 Å². The molecule has 1 aliphatic carbocycles. The van der Waals surface area contributed by atoms with Crippen LogP contribution >= 0.6 is 0 Å². The van der Waals surface area contributed by atoms with E-state index in [0.717, 1.165) is 12.8 Å². The zero-order valence-electron chi connectivity index (χ0n) is 11.3. The first-order valence-electron chi connectivity index (χ1n) is 6.93. The van der Waals surface area contributed by atoms with E-state index in [1.165, 1.54) is 37.5 Å². The van der Waals surface area contributed by atoms with Crippen molar-refractivity contribution in [2.45, 2.75) is 45.1 Å². The number of hydrogen-bond donors (Lipinski definition) is 2. The first kappa shape index (κ1) is 13.8. The number of hydrogen-bond acceptors (Lipinski definition) is 2. The van der Waals surface area contributed by atoms with Crippen molar-refractivity contribution in [3.8, 4) is 0 Å². The highest BCUT2D eigenvalue weighted by Crippen LogP contribution is 2.26. The van der Waals surface area contributed by atoms with E-state index in [1.807, 2.05) is 6.92 Å². The van der Waals surface area contributed by atoms with Gasteiger partial charge in [0.2, 0.25) is 0 Å². The Labute approximate surface area is 113 Å². The fraction of sp³-hybridized carbons (Fsp3) is 0.533. The molecule has 1 saturated carbocycles. The first-order chi connectivity index (χ1) is 9.06. The molecule has 1 aliphatic rings. The normalized spacial score (nSPS) is 18.0. The van der Waals surface area contributed by atoms with Crippen LogP contribution in [0.15, 0.2) is 18.2 Å². The smallest absolute Gasteiger partial charge is 0.251 e. The maximum Gasteiger partial charge on any atom is 0.251 e. The van der Waals surface area contributed by atoms with Gasteiger partial charge in [-0.2, -0.15) is 0 Å². The molecule has 3 nitrogen and oxygen atoms in total. The van der Waals surface area contributed by atoms with Crippen molar-refractivity contribution < 1.29 is 9.18 Å². The second-order valence-corrected chi connectivity index (χ2v) is 5.43. The van der Waals surface area contributed by atoms with Gasteiger partial charge in [-0.3, -0.25) is 4.79 Å². The van der Waals surface area contributed by atoms with Gasteiger partial charge < -0.3 is 11.1 Å². The van der Waals surface area contributed by atoms with Gasteiger partial charge in [-0.1, -0.05) is 19.3 Å². The molecule has 0 spiro atoms. The third-order valence-electron chi connectivity index (χ3n) is 3.90. The zero-order valence-corrected chi connectivity index (χ0v) is 11.3. The van der Waals surface area contributed by atoms with Crippen LogP contribution in [-0.2, 0) is 0 Å². The SMILES string of the molecule is CC(NC(=O)c1cc(N)cc(F)c1)C1CCCCC1. The molecule has 1 amide bonds. The number of benzene rings is 1. The number of nitrogens with two attached hydrogens (primary N) is 1. The van der Waals surface area contributed by atoms with Gasteiger partial charge in [0.25, 0.3) is 5.91 Å². The minimum Gasteiger partial charge on any atom is -0.399 e. The van der Waals surface area contributed by atoms with E-state index in [9.17, 15) is 9.18 Å². The quantitative estimate of drug-likeness (QED) is 0.824. The third kappa shape index (κ3) is 3.69. The number of nitrogens with one attached hydrogen (secondary N) is 1. The van der Waals surface area contributed by atoms with Crippen LogP contribution in [0.4, 0.5) is 10.1 Å². The van der Waals surface area contributed by atoms with Crippen molar-refractivity contribution in [2.24, 2.45) is 5.92 Å². The summed E-state index contributed by atoms with van der Waals surface area (Å²) in [5.74, 6) is -0.191. The summed E-state index contributed by atoms with van der Waals surface area (Å²) in [6, 6.07) is 4.06. The Morgan fingerprint density at radius 2 is 2.00 bits per heavy atom. The van der Waals surface area contributed by atoms with Crippen LogP contribution in [0.25, 0.3) is 0 Å². The molecule has 1 atom stereocenters. The van der Waals surface area contributed by atoms with Crippen molar-refractivity contribution >= 4 is 11.6 Å². The average molecular weight is 264 g/mol. The molecule has 2 rings (SSSR count). The van der Waals surface area contributed by atoms with Gasteiger partial charge in [0.1, 0.15) is 5.82 Å². The molecule has 19 heavy (non-hydrogen) atoms. The topological polar surface area (TPSA) is 55.1 Å². The highest BCUT2D eigenvalue weighted by Gasteiger charge is 2.22. The summed E-state index contributed by atoms with van der Waals surface area (Å²) in [6.45, 7) is 2.02. The lowest BCUT2D eigenvalue weighted by Gasteiger charge is -2.28. The van der Waals surface area contributed by atoms with Crippen LogP contribution in [0.5, 0.6) is 0 Å². The van der Waals surface area contributed by atoms with Crippen molar-refractivity contribution in [3.05, 3.63) is 29.6 Å². The molecule has 4 heteroatoms. The summed E-state index contributed by atoms with van der Waals surface area (Å²) in [5.41, 5.74) is 6.12. The molecular weight excluding hydrogens is 243 g/mol. The molecule has 0 bridgehead atoms. The van der Waals surface area contributed by atoms with Crippen molar-refractivity contribution in [1.82, 2.24) is 5.32 Å². The Hall–Kier alpha value is -1.58. The van der Waals surface area contributed by atoms with Gasteiger partial charge >= 0.3 is 0 Å². The van der Waals surface area contributed by atoms with E-state index in [2.05, 4.69) is 5.32 Å². The van der Waals surface area contributed by atoms with Crippen LogP contribution in [0.2, 0.25) is 0 Å². The van der Waals surface area contributed by atoms with E-state index in [4.69, 9.17) is 5.73 Å². The molecule has 104 valence electrons. The molecule has 3 N–H and O–H groups in total. The second-order valence-electron chi connectivity index (χ2n) is 5.43. The van der Waals surface area contributed by atoms with E-state index >= 15 is 0 Å². The van der Waals surface area contributed by atoms with Crippen LogP contribution in [0.1, 0.15) is 49.4 Å². The monoisotopic (exact) mass is 264 g/mol. The lowest BCUT2D eigenvalue weighted by atomic mass is 9.84. The average Bonchev–Trinajstić information content (AvgIpc) is 2.38. The summed E-state index contributed by atoms with van der Waals surface area (Å²) < 4.78 is 13.2. The number of amides is 1. The molecule has 0 saturated heterocycles. The number of carbonyl (C=O) groups is 1. The molecule has 1 fully saturated rings. The molecular formula is C15H21FN2O. The minimum absolute atomic E-state index is 0.122. The minimum atomic E-state index is -0.476. The van der Waals surface area contributed by atoms with Crippen molar-refractivity contribution in [2.75, 3.05) is 5.73 Å². The fourth-order valence-corrected chi connectivity index (χ4v) is 2.79. The second kappa shape index (κ2) is 6.04. The van der Waals surface area contributed by atoms with Gasteiger partial charge in [-0.25, -0.2) is 4.39 Å². The van der Waals surface area contributed by atoms with E-state index in [1.54, 1.807) is 0 Å². The van der Waals surface area contributed by atoms with Gasteiger partial charge in [0, 0.05) is 17.3 Å². The van der Waals surface area contributed by atoms with E-state index < -0.39 is 5.82 Å². The van der Waals surface area contributed by atoms with Gasteiger partial charge in [0.15, 0.2) is 0 Å². The summed E-state index contributed by atoms with van der Waals surface area (Å²) in [5, 5.41) is 2.96. The Balaban J connectivity index is 1.99. The maximum atomic E-state index is 13.2. The molecule has 0 aromatic heterocycles. The van der Waals surface area contributed by atoms with Gasteiger partial charge in [-0.15, -0.1) is 0 Å². The molecule has 0 radical (unpaired) electrons. The lowest BCUT2D eigenvalue weighted by Crippen LogP contribution is -2.38.